The fourth-order valence-corrected chi connectivity index (χ4v) is 3.23. The minimum Gasteiger partial charge on any atom is -0.351 e. The van der Waals surface area contributed by atoms with Crippen LogP contribution < -0.4 is 10.6 Å². The van der Waals surface area contributed by atoms with Gasteiger partial charge in [-0.15, -0.1) is 11.3 Å². The molecular formula is C17H19N3S. The molecule has 0 aliphatic rings. The van der Waals surface area contributed by atoms with Crippen molar-refractivity contribution in [1.29, 1.82) is 0 Å². The number of hydrogen-bond acceptors (Lipinski definition) is 4. The average Bonchev–Trinajstić information content (AvgIpc) is 3.04. The van der Waals surface area contributed by atoms with Gasteiger partial charge in [0.15, 0.2) is 0 Å². The Hall–Kier alpha value is -1.91. The average molecular weight is 297 g/mol. The van der Waals surface area contributed by atoms with Crippen LogP contribution in [0.1, 0.15) is 17.5 Å². The molecule has 2 heterocycles. The number of benzene rings is 1. The van der Waals surface area contributed by atoms with Crippen LogP contribution in [-0.2, 0) is 13.1 Å². The second kappa shape index (κ2) is 6.24. The Morgan fingerprint density at radius 2 is 2.05 bits per heavy atom. The lowest BCUT2D eigenvalue weighted by atomic mass is 10.1. The Labute approximate surface area is 129 Å². The number of nitrogens with two attached hydrogens (primary N) is 1. The van der Waals surface area contributed by atoms with Crippen molar-refractivity contribution in [2.45, 2.75) is 20.0 Å². The summed E-state index contributed by atoms with van der Waals surface area (Å²) in [6.07, 6.45) is 0. The molecule has 0 saturated carbocycles. The second-order valence-electron chi connectivity index (χ2n) is 4.96. The third kappa shape index (κ3) is 2.91. The summed E-state index contributed by atoms with van der Waals surface area (Å²) < 4.78 is 0. The molecule has 0 saturated heterocycles. The molecule has 3 aromatic rings. The molecule has 0 fully saturated rings. The third-order valence-corrected chi connectivity index (χ3v) is 4.45. The molecule has 4 heteroatoms. The van der Waals surface area contributed by atoms with E-state index in [-0.39, 0.29) is 0 Å². The third-order valence-electron chi connectivity index (χ3n) is 3.59. The predicted molar refractivity (Wildman–Crippen MR) is 90.7 cm³/mol. The second-order valence-corrected chi connectivity index (χ2v) is 5.99. The van der Waals surface area contributed by atoms with Crippen molar-refractivity contribution in [3.05, 3.63) is 58.4 Å². The van der Waals surface area contributed by atoms with Crippen molar-refractivity contribution in [2.24, 2.45) is 5.73 Å². The van der Waals surface area contributed by atoms with Crippen molar-refractivity contribution in [3.8, 4) is 0 Å². The Kier molecular flexibility index (Phi) is 4.18. The molecule has 0 aliphatic heterocycles. The summed E-state index contributed by atoms with van der Waals surface area (Å²) in [7, 11) is 0. The number of nitrogens with zero attached hydrogens (tertiary/aromatic N) is 2. The zero-order valence-electron chi connectivity index (χ0n) is 12.1. The number of thiophene rings is 1. The number of hydrogen-bond donors (Lipinski definition) is 1. The minimum atomic E-state index is 0.467. The van der Waals surface area contributed by atoms with Crippen molar-refractivity contribution in [3.63, 3.8) is 0 Å². The van der Waals surface area contributed by atoms with Gasteiger partial charge in [-0.3, -0.25) is 0 Å². The van der Waals surface area contributed by atoms with E-state index < -0.39 is 0 Å². The Morgan fingerprint density at radius 3 is 2.76 bits per heavy atom. The van der Waals surface area contributed by atoms with Gasteiger partial charge in [-0.05, 0) is 29.8 Å². The molecule has 1 aromatic carbocycles. The van der Waals surface area contributed by atoms with Gasteiger partial charge < -0.3 is 10.6 Å². The minimum absolute atomic E-state index is 0.467. The zero-order chi connectivity index (χ0) is 14.7. The van der Waals surface area contributed by atoms with Crippen LogP contribution in [0.4, 0.5) is 5.82 Å². The van der Waals surface area contributed by atoms with E-state index in [9.17, 15) is 0 Å². The number of pyridine rings is 1. The van der Waals surface area contributed by atoms with Gasteiger partial charge in [-0.1, -0.05) is 30.3 Å². The van der Waals surface area contributed by atoms with E-state index in [1.807, 2.05) is 0 Å². The van der Waals surface area contributed by atoms with E-state index in [2.05, 4.69) is 59.7 Å². The number of rotatable bonds is 5. The zero-order valence-corrected chi connectivity index (χ0v) is 12.9. The molecule has 3 nitrogen and oxygen atoms in total. The number of fused-ring (bicyclic) bond motifs is 1. The standard InChI is InChI=1S/C17H19N3S/c1-2-20(12-15-7-5-9-21-15)17-16-8-4-3-6-13(16)10-14(11-18)19-17/h3-10H,2,11-12,18H2,1H3. The first-order valence-electron chi connectivity index (χ1n) is 7.18. The van der Waals surface area contributed by atoms with Gasteiger partial charge >= 0.3 is 0 Å². The first-order chi connectivity index (χ1) is 10.3. The summed E-state index contributed by atoms with van der Waals surface area (Å²) in [5.74, 6) is 1.03. The summed E-state index contributed by atoms with van der Waals surface area (Å²) in [6, 6.07) is 14.7. The molecule has 0 atom stereocenters. The van der Waals surface area contributed by atoms with E-state index in [1.165, 1.54) is 15.6 Å². The van der Waals surface area contributed by atoms with Crippen LogP contribution in [-0.4, -0.2) is 11.5 Å². The van der Waals surface area contributed by atoms with E-state index in [4.69, 9.17) is 10.7 Å². The van der Waals surface area contributed by atoms with Crippen LogP contribution in [0.15, 0.2) is 47.8 Å². The summed E-state index contributed by atoms with van der Waals surface area (Å²) in [4.78, 5) is 8.44. The van der Waals surface area contributed by atoms with Crippen molar-refractivity contribution in [2.75, 3.05) is 11.4 Å². The number of aromatic nitrogens is 1. The van der Waals surface area contributed by atoms with Gasteiger partial charge in [0.25, 0.3) is 0 Å². The van der Waals surface area contributed by atoms with Crippen molar-refractivity contribution >= 4 is 27.9 Å². The SMILES string of the molecule is CCN(Cc1cccs1)c1nc(CN)cc2ccccc12. The molecule has 108 valence electrons. The van der Waals surface area contributed by atoms with Crippen LogP contribution in [0.25, 0.3) is 10.8 Å². The lowest BCUT2D eigenvalue weighted by molar-refractivity contribution is 0.820. The summed E-state index contributed by atoms with van der Waals surface area (Å²) >= 11 is 1.78. The van der Waals surface area contributed by atoms with Crippen molar-refractivity contribution in [1.82, 2.24) is 4.98 Å². The highest BCUT2D eigenvalue weighted by atomic mass is 32.1. The van der Waals surface area contributed by atoms with Gasteiger partial charge in [0.05, 0.1) is 12.2 Å². The normalized spacial score (nSPS) is 11.0. The van der Waals surface area contributed by atoms with Crippen LogP contribution >= 0.6 is 11.3 Å². The Bertz CT molecular complexity index is 722. The highest BCUT2D eigenvalue weighted by Gasteiger charge is 2.12. The van der Waals surface area contributed by atoms with E-state index >= 15 is 0 Å². The molecule has 0 unspecified atom stereocenters. The van der Waals surface area contributed by atoms with Crippen LogP contribution in [0.2, 0.25) is 0 Å². The maximum absolute atomic E-state index is 5.81. The van der Waals surface area contributed by atoms with Crippen LogP contribution in [0, 0.1) is 0 Å². The molecule has 2 aromatic heterocycles. The maximum Gasteiger partial charge on any atom is 0.137 e. The summed E-state index contributed by atoms with van der Waals surface area (Å²) in [5.41, 5.74) is 6.75. The molecule has 0 radical (unpaired) electrons. The maximum atomic E-state index is 5.81. The first kappa shape index (κ1) is 14.0. The van der Waals surface area contributed by atoms with Gasteiger partial charge in [0, 0.05) is 23.4 Å². The van der Waals surface area contributed by atoms with E-state index in [0.29, 0.717) is 6.54 Å². The Morgan fingerprint density at radius 1 is 1.19 bits per heavy atom. The van der Waals surface area contributed by atoms with E-state index in [0.717, 1.165) is 24.6 Å². The molecule has 2 N–H and O–H groups in total. The lowest BCUT2D eigenvalue weighted by Crippen LogP contribution is -2.23. The molecular weight excluding hydrogens is 278 g/mol. The summed E-state index contributed by atoms with van der Waals surface area (Å²) in [6.45, 7) is 4.44. The largest absolute Gasteiger partial charge is 0.351 e. The quantitative estimate of drug-likeness (QED) is 0.779. The van der Waals surface area contributed by atoms with Gasteiger partial charge in [-0.25, -0.2) is 4.98 Å². The monoisotopic (exact) mass is 297 g/mol. The van der Waals surface area contributed by atoms with Gasteiger partial charge in [0.1, 0.15) is 5.82 Å². The fourth-order valence-electron chi connectivity index (χ4n) is 2.51. The molecule has 0 bridgehead atoms. The first-order valence-corrected chi connectivity index (χ1v) is 8.06. The number of anilines is 1. The lowest BCUT2D eigenvalue weighted by Gasteiger charge is -2.23. The smallest absolute Gasteiger partial charge is 0.137 e. The van der Waals surface area contributed by atoms with E-state index in [1.54, 1.807) is 11.3 Å². The summed E-state index contributed by atoms with van der Waals surface area (Å²) in [5, 5.41) is 4.51. The predicted octanol–water partition coefficient (Wildman–Crippen LogP) is 3.78. The van der Waals surface area contributed by atoms with Crippen LogP contribution in [0.5, 0.6) is 0 Å². The molecule has 0 aliphatic carbocycles. The molecule has 0 spiro atoms. The van der Waals surface area contributed by atoms with Crippen LogP contribution in [0.3, 0.4) is 0 Å². The fraction of sp³-hybridized carbons (Fsp3) is 0.235. The highest BCUT2D eigenvalue weighted by molar-refractivity contribution is 7.09. The van der Waals surface area contributed by atoms with Gasteiger partial charge in [0.2, 0.25) is 0 Å². The highest BCUT2D eigenvalue weighted by Crippen LogP contribution is 2.27. The van der Waals surface area contributed by atoms with Crippen molar-refractivity contribution < 1.29 is 0 Å². The molecule has 3 rings (SSSR count). The van der Waals surface area contributed by atoms with Gasteiger partial charge in [-0.2, -0.15) is 0 Å². The molecule has 21 heavy (non-hydrogen) atoms. The topological polar surface area (TPSA) is 42.2 Å². The Balaban J connectivity index is 2.07. The molecule has 0 amide bonds.